The van der Waals surface area contributed by atoms with Gasteiger partial charge in [-0.05, 0) is 12.8 Å². The third-order valence-electron chi connectivity index (χ3n) is 4.00. The van der Waals surface area contributed by atoms with E-state index in [0.717, 1.165) is 13.1 Å². The van der Waals surface area contributed by atoms with Crippen LogP contribution in [0.25, 0.3) is 0 Å². The molecule has 1 aromatic heterocycles. The van der Waals surface area contributed by atoms with Gasteiger partial charge in [-0.25, -0.2) is 4.99 Å². The standard InChI is InChI=1S/C13H20N6O2/c1-9-16-17-10(21-9)8-19-6-4-13(5-7-19)11(20)14-12(15-13)18(2)3/h4-8H2,1-3H3,(H,14,15,20). The van der Waals surface area contributed by atoms with Crippen LogP contribution in [0.3, 0.4) is 0 Å². The lowest BCUT2D eigenvalue weighted by Crippen LogP contribution is -2.49. The molecule has 1 amide bonds. The Hall–Kier alpha value is -1.96. The van der Waals surface area contributed by atoms with Crippen LogP contribution in [0.5, 0.6) is 0 Å². The molecule has 114 valence electrons. The highest BCUT2D eigenvalue weighted by atomic mass is 16.4. The number of hydrogen-bond donors (Lipinski definition) is 1. The zero-order valence-corrected chi connectivity index (χ0v) is 12.6. The van der Waals surface area contributed by atoms with Crippen LogP contribution in [0.4, 0.5) is 0 Å². The van der Waals surface area contributed by atoms with Gasteiger partial charge in [0.25, 0.3) is 5.91 Å². The van der Waals surface area contributed by atoms with E-state index in [1.807, 2.05) is 19.0 Å². The van der Waals surface area contributed by atoms with Gasteiger partial charge < -0.3 is 9.32 Å². The molecule has 0 unspecified atom stereocenters. The van der Waals surface area contributed by atoms with Crippen LogP contribution in [0, 0.1) is 6.92 Å². The van der Waals surface area contributed by atoms with Gasteiger partial charge in [0.2, 0.25) is 17.7 Å². The van der Waals surface area contributed by atoms with E-state index in [9.17, 15) is 4.79 Å². The molecule has 1 N–H and O–H groups in total. The smallest absolute Gasteiger partial charge is 0.254 e. The van der Waals surface area contributed by atoms with Crippen molar-refractivity contribution in [1.29, 1.82) is 0 Å². The molecule has 3 rings (SSSR count). The molecule has 1 aromatic rings. The maximum absolute atomic E-state index is 12.2. The molecular weight excluding hydrogens is 272 g/mol. The normalized spacial score (nSPS) is 21.5. The Morgan fingerprint density at radius 2 is 2.05 bits per heavy atom. The number of hydrogen-bond acceptors (Lipinski definition) is 7. The van der Waals surface area contributed by atoms with Gasteiger partial charge in [0, 0.05) is 34.1 Å². The Morgan fingerprint density at radius 3 is 2.57 bits per heavy atom. The van der Waals surface area contributed by atoms with Crippen molar-refractivity contribution >= 4 is 11.9 Å². The van der Waals surface area contributed by atoms with E-state index < -0.39 is 5.54 Å². The summed E-state index contributed by atoms with van der Waals surface area (Å²) in [4.78, 5) is 20.9. The van der Waals surface area contributed by atoms with Gasteiger partial charge >= 0.3 is 0 Å². The number of rotatable bonds is 2. The Bertz CT molecular complexity index is 571. The van der Waals surface area contributed by atoms with Crippen molar-refractivity contribution in [2.24, 2.45) is 4.99 Å². The summed E-state index contributed by atoms with van der Waals surface area (Å²) in [7, 11) is 3.76. The highest BCUT2D eigenvalue weighted by molar-refractivity contribution is 6.07. The number of aryl methyl sites for hydroxylation is 1. The van der Waals surface area contributed by atoms with E-state index in [2.05, 4.69) is 25.4 Å². The SMILES string of the molecule is Cc1nnc(CN2CCC3(CC2)N=C(N(C)C)NC3=O)o1. The number of aromatic nitrogens is 2. The van der Waals surface area contributed by atoms with Crippen molar-refractivity contribution < 1.29 is 9.21 Å². The number of amides is 1. The fourth-order valence-corrected chi connectivity index (χ4v) is 2.72. The fourth-order valence-electron chi connectivity index (χ4n) is 2.72. The largest absolute Gasteiger partial charge is 0.424 e. The molecule has 3 heterocycles. The average Bonchev–Trinajstić information content (AvgIpc) is 2.98. The first-order valence-electron chi connectivity index (χ1n) is 7.08. The monoisotopic (exact) mass is 292 g/mol. The minimum absolute atomic E-state index is 0.0134. The topological polar surface area (TPSA) is 86.9 Å². The third-order valence-corrected chi connectivity index (χ3v) is 4.00. The molecule has 2 aliphatic heterocycles. The number of likely N-dealkylation sites (tertiary alicyclic amines) is 1. The first kappa shape index (κ1) is 14.0. The number of aliphatic imine (C=N–C) groups is 1. The number of carbonyl (C=O) groups excluding carboxylic acids is 1. The molecule has 0 radical (unpaired) electrons. The minimum atomic E-state index is -0.596. The Balaban J connectivity index is 1.63. The zero-order valence-electron chi connectivity index (χ0n) is 12.6. The van der Waals surface area contributed by atoms with Gasteiger partial charge in [0.15, 0.2) is 0 Å². The van der Waals surface area contributed by atoms with E-state index >= 15 is 0 Å². The molecule has 1 fully saturated rings. The van der Waals surface area contributed by atoms with Gasteiger partial charge in [-0.15, -0.1) is 10.2 Å². The van der Waals surface area contributed by atoms with Gasteiger partial charge in [-0.2, -0.15) is 0 Å². The first-order chi connectivity index (χ1) is 9.98. The maximum atomic E-state index is 12.2. The molecule has 0 saturated carbocycles. The number of nitrogens with one attached hydrogen (secondary N) is 1. The van der Waals surface area contributed by atoms with Crippen molar-refractivity contribution in [3.05, 3.63) is 11.8 Å². The number of piperidine rings is 1. The predicted octanol–water partition coefficient (Wildman–Crippen LogP) is -0.240. The van der Waals surface area contributed by atoms with Crippen molar-refractivity contribution in [2.75, 3.05) is 27.2 Å². The Labute approximate surface area is 123 Å². The molecule has 1 spiro atoms. The number of carbonyl (C=O) groups is 1. The lowest BCUT2D eigenvalue weighted by Gasteiger charge is -2.34. The summed E-state index contributed by atoms with van der Waals surface area (Å²) in [6.45, 7) is 3.99. The summed E-state index contributed by atoms with van der Waals surface area (Å²) < 4.78 is 5.40. The molecule has 2 aliphatic rings. The van der Waals surface area contributed by atoms with Crippen LogP contribution in [0.15, 0.2) is 9.41 Å². The number of nitrogens with zero attached hydrogens (tertiary/aromatic N) is 5. The molecule has 0 atom stereocenters. The lowest BCUT2D eigenvalue weighted by atomic mass is 9.88. The molecule has 0 aromatic carbocycles. The van der Waals surface area contributed by atoms with Gasteiger partial charge in [-0.3, -0.25) is 15.0 Å². The van der Waals surface area contributed by atoms with Crippen molar-refractivity contribution in [3.8, 4) is 0 Å². The van der Waals surface area contributed by atoms with Crippen LogP contribution >= 0.6 is 0 Å². The summed E-state index contributed by atoms with van der Waals surface area (Å²) >= 11 is 0. The van der Waals surface area contributed by atoms with Crippen LogP contribution in [-0.4, -0.2) is 64.6 Å². The van der Waals surface area contributed by atoms with E-state index in [-0.39, 0.29) is 5.91 Å². The molecule has 21 heavy (non-hydrogen) atoms. The number of guanidine groups is 1. The van der Waals surface area contributed by atoms with E-state index in [1.54, 1.807) is 6.92 Å². The summed E-state index contributed by atoms with van der Waals surface area (Å²) in [6, 6.07) is 0. The molecule has 1 saturated heterocycles. The third kappa shape index (κ3) is 2.63. The average molecular weight is 292 g/mol. The first-order valence-corrected chi connectivity index (χ1v) is 7.08. The molecule has 0 aliphatic carbocycles. The van der Waals surface area contributed by atoms with E-state index in [1.165, 1.54) is 0 Å². The molecule has 8 nitrogen and oxygen atoms in total. The molecule has 0 bridgehead atoms. The zero-order chi connectivity index (χ0) is 15.0. The Morgan fingerprint density at radius 1 is 1.33 bits per heavy atom. The minimum Gasteiger partial charge on any atom is -0.424 e. The van der Waals surface area contributed by atoms with E-state index in [0.29, 0.717) is 37.1 Å². The van der Waals surface area contributed by atoms with Crippen molar-refractivity contribution in [2.45, 2.75) is 31.8 Å². The van der Waals surface area contributed by atoms with Crippen molar-refractivity contribution in [1.82, 2.24) is 25.3 Å². The highest BCUT2D eigenvalue weighted by Crippen LogP contribution is 2.30. The summed E-state index contributed by atoms with van der Waals surface area (Å²) in [6.07, 6.45) is 1.42. The van der Waals surface area contributed by atoms with Crippen LogP contribution in [-0.2, 0) is 11.3 Å². The second-order valence-electron chi connectivity index (χ2n) is 5.81. The maximum Gasteiger partial charge on any atom is 0.254 e. The van der Waals surface area contributed by atoms with Crippen molar-refractivity contribution in [3.63, 3.8) is 0 Å². The quantitative estimate of drug-likeness (QED) is 0.809. The van der Waals surface area contributed by atoms with Gasteiger partial charge in [0.05, 0.1) is 6.54 Å². The molecular formula is C13H20N6O2. The summed E-state index contributed by atoms with van der Waals surface area (Å²) in [5.74, 6) is 1.87. The molecule has 8 heteroatoms. The Kier molecular flexibility index (Phi) is 3.40. The van der Waals surface area contributed by atoms with Gasteiger partial charge in [-0.1, -0.05) is 0 Å². The summed E-state index contributed by atoms with van der Waals surface area (Å²) in [5, 5.41) is 10.7. The predicted molar refractivity (Wildman–Crippen MR) is 75.5 cm³/mol. The second-order valence-corrected chi connectivity index (χ2v) is 5.81. The van der Waals surface area contributed by atoms with Gasteiger partial charge in [0.1, 0.15) is 5.54 Å². The highest BCUT2D eigenvalue weighted by Gasteiger charge is 2.46. The van der Waals surface area contributed by atoms with Crippen LogP contribution in [0.1, 0.15) is 24.6 Å². The summed E-state index contributed by atoms with van der Waals surface area (Å²) in [5.41, 5.74) is -0.596. The second kappa shape index (κ2) is 5.10. The van der Waals surface area contributed by atoms with Crippen LogP contribution < -0.4 is 5.32 Å². The fraction of sp³-hybridized carbons (Fsp3) is 0.692. The van der Waals surface area contributed by atoms with Crippen LogP contribution in [0.2, 0.25) is 0 Å². The lowest BCUT2D eigenvalue weighted by molar-refractivity contribution is -0.125. The van der Waals surface area contributed by atoms with E-state index in [4.69, 9.17) is 4.42 Å².